The fourth-order valence-corrected chi connectivity index (χ4v) is 1.25. The van der Waals surface area contributed by atoms with Crippen molar-refractivity contribution in [2.75, 3.05) is 7.11 Å². The highest BCUT2D eigenvalue weighted by Gasteiger charge is 2.10. The van der Waals surface area contributed by atoms with Crippen molar-refractivity contribution in [1.82, 2.24) is 0 Å². The highest BCUT2D eigenvalue weighted by Crippen LogP contribution is 2.30. The van der Waals surface area contributed by atoms with Gasteiger partial charge in [0.15, 0.2) is 0 Å². The molecule has 0 bridgehead atoms. The zero-order valence-corrected chi connectivity index (χ0v) is 5.70. The maximum absolute atomic E-state index is 5.67. The molecule has 0 spiro atoms. The lowest BCUT2D eigenvalue weighted by Gasteiger charge is -2.11. The van der Waals surface area contributed by atoms with Crippen molar-refractivity contribution in [3.05, 3.63) is 27.6 Å². The zero-order valence-electron chi connectivity index (χ0n) is 4.94. The van der Waals surface area contributed by atoms with Crippen molar-refractivity contribution in [3.63, 3.8) is 0 Å². The molecular formula is C7H5ClO. The van der Waals surface area contributed by atoms with Gasteiger partial charge < -0.3 is 4.74 Å². The highest BCUT2D eigenvalue weighted by atomic mass is 35.5. The van der Waals surface area contributed by atoms with Gasteiger partial charge >= 0.3 is 0 Å². The summed E-state index contributed by atoms with van der Waals surface area (Å²) >= 11 is 5.67. The zero-order chi connectivity index (χ0) is 6.43. The summed E-state index contributed by atoms with van der Waals surface area (Å²) in [5.41, 5.74) is 0. The minimum atomic E-state index is 0.853. The van der Waals surface area contributed by atoms with Crippen LogP contribution in [-0.2, 0) is 0 Å². The Labute approximate surface area is 57.5 Å². The van der Waals surface area contributed by atoms with Crippen molar-refractivity contribution in [1.29, 1.82) is 0 Å². The molecule has 0 unspecified atom stereocenters. The van der Waals surface area contributed by atoms with Crippen molar-refractivity contribution in [2.45, 2.75) is 0 Å². The van der Waals surface area contributed by atoms with Crippen LogP contribution in [0.2, 0.25) is 5.02 Å². The van der Waals surface area contributed by atoms with E-state index in [1.54, 1.807) is 7.11 Å². The van der Waals surface area contributed by atoms with Gasteiger partial charge in [-0.05, 0) is 12.1 Å². The molecule has 0 aliphatic heterocycles. The Kier molecular flexibility index (Phi) is 0.809. The smallest absolute Gasteiger partial charge is 0.127 e. The average molecular weight is 141 g/mol. The lowest BCUT2D eigenvalue weighted by molar-refractivity contribution is 0.407. The molecule has 0 aromatic carbocycles. The molecule has 2 heteroatoms. The number of ether oxygens (including phenoxy) is 1. The molecule has 1 nitrogen and oxygen atoms in total. The van der Waals surface area contributed by atoms with E-state index >= 15 is 0 Å². The number of halogens is 1. The van der Waals surface area contributed by atoms with E-state index in [4.69, 9.17) is 16.3 Å². The van der Waals surface area contributed by atoms with E-state index in [2.05, 4.69) is 0 Å². The van der Waals surface area contributed by atoms with Gasteiger partial charge in [0.05, 0.1) is 7.11 Å². The van der Waals surface area contributed by atoms with Crippen LogP contribution >= 0.6 is 11.6 Å². The second-order valence-corrected chi connectivity index (χ2v) is 2.44. The van der Waals surface area contributed by atoms with Crippen LogP contribution in [0.4, 0.5) is 0 Å². The molecule has 0 atom stereocenters. The summed E-state index contributed by atoms with van der Waals surface area (Å²) < 4.78 is 4.97. The molecule has 0 heterocycles. The first-order valence-electron chi connectivity index (χ1n) is 2.71. The average Bonchev–Trinajstić information content (AvgIpc) is 1.83. The topological polar surface area (TPSA) is 9.23 Å². The number of benzene rings is 1. The molecule has 0 fully saturated rings. The van der Waals surface area contributed by atoms with Gasteiger partial charge in [-0.3, -0.25) is 0 Å². The Morgan fingerprint density at radius 2 is 2.11 bits per heavy atom. The first kappa shape index (κ1) is 5.12. The molecule has 0 saturated carbocycles. The second-order valence-electron chi connectivity index (χ2n) is 2.03. The van der Waals surface area contributed by atoms with Crippen molar-refractivity contribution >= 4 is 11.6 Å². The lowest BCUT2D eigenvalue weighted by Crippen LogP contribution is -1.94. The lowest BCUT2D eigenvalue weighted by atomic mass is 10.1. The van der Waals surface area contributed by atoms with Crippen molar-refractivity contribution in [2.24, 2.45) is 0 Å². The van der Waals surface area contributed by atoms with Gasteiger partial charge in [-0.25, -0.2) is 0 Å². The fraction of sp³-hybridized carbons (Fsp3) is 0.143. The van der Waals surface area contributed by atoms with E-state index in [0.29, 0.717) is 0 Å². The SMILES string of the molecule is COc1cc2c(Cl)cc1=2. The van der Waals surface area contributed by atoms with E-state index in [1.165, 1.54) is 5.22 Å². The molecule has 0 aromatic heterocycles. The Hall–Kier alpha value is -0.690. The van der Waals surface area contributed by atoms with Crippen LogP contribution in [0, 0.1) is 10.4 Å². The Bertz CT molecular complexity index is 343. The Balaban J connectivity index is 2.59. The maximum Gasteiger partial charge on any atom is 0.127 e. The summed E-state index contributed by atoms with van der Waals surface area (Å²) in [5.74, 6) is 0.953. The van der Waals surface area contributed by atoms with E-state index in [9.17, 15) is 0 Å². The summed E-state index contributed by atoms with van der Waals surface area (Å²) in [5, 5.41) is 3.17. The predicted octanol–water partition coefficient (Wildman–Crippen LogP) is 1.95. The van der Waals surface area contributed by atoms with Gasteiger partial charge in [-0.2, -0.15) is 0 Å². The number of hydrogen-bond acceptors (Lipinski definition) is 1. The fourth-order valence-electron chi connectivity index (χ4n) is 0.984. The minimum absolute atomic E-state index is 0.853. The maximum atomic E-state index is 5.67. The van der Waals surface area contributed by atoms with Crippen LogP contribution in [0.5, 0.6) is 5.75 Å². The monoisotopic (exact) mass is 140 g/mol. The second kappa shape index (κ2) is 1.42. The highest BCUT2D eigenvalue weighted by molar-refractivity contribution is 6.31. The molecule has 0 saturated heterocycles. The molecule has 46 valence electrons. The van der Waals surface area contributed by atoms with Crippen LogP contribution in [0.1, 0.15) is 0 Å². The van der Waals surface area contributed by atoms with E-state index < -0.39 is 0 Å². The molecule has 0 radical (unpaired) electrons. The first-order chi connectivity index (χ1) is 4.33. The molecule has 0 amide bonds. The quantitative estimate of drug-likeness (QED) is 0.588. The molecule has 0 aromatic rings. The summed E-state index contributed by atoms with van der Waals surface area (Å²) in [4.78, 5) is 0. The molecule has 9 heavy (non-hydrogen) atoms. The third-order valence-electron chi connectivity index (χ3n) is 1.58. The van der Waals surface area contributed by atoms with Crippen molar-refractivity contribution in [3.8, 4) is 5.75 Å². The molecule has 2 aliphatic carbocycles. The molecule has 2 rings (SSSR count). The Morgan fingerprint density at radius 3 is 2.44 bits per heavy atom. The van der Waals surface area contributed by atoms with Crippen LogP contribution < -0.4 is 4.74 Å². The molecular weight excluding hydrogens is 136 g/mol. The number of hydrogen-bond donors (Lipinski definition) is 0. The summed E-state index contributed by atoms with van der Waals surface area (Å²) in [6.07, 6.45) is 0. The summed E-state index contributed by atoms with van der Waals surface area (Å²) in [6, 6.07) is 3.85. The van der Waals surface area contributed by atoms with E-state index in [0.717, 1.165) is 16.0 Å². The predicted molar refractivity (Wildman–Crippen MR) is 35.7 cm³/mol. The number of methoxy groups -OCH3 is 1. The van der Waals surface area contributed by atoms with Gasteiger partial charge in [0.25, 0.3) is 0 Å². The van der Waals surface area contributed by atoms with Crippen LogP contribution in [0.15, 0.2) is 12.1 Å². The minimum Gasteiger partial charge on any atom is -0.496 e. The van der Waals surface area contributed by atoms with Crippen LogP contribution in [0.3, 0.4) is 0 Å². The van der Waals surface area contributed by atoms with Crippen molar-refractivity contribution < 1.29 is 4.74 Å². The van der Waals surface area contributed by atoms with E-state index in [-0.39, 0.29) is 0 Å². The first-order valence-corrected chi connectivity index (χ1v) is 3.08. The molecule has 0 N–H and O–H groups in total. The van der Waals surface area contributed by atoms with Crippen LogP contribution in [-0.4, -0.2) is 7.11 Å². The molecule has 2 aliphatic rings. The van der Waals surface area contributed by atoms with Gasteiger partial charge in [0.2, 0.25) is 0 Å². The van der Waals surface area contributed by atoms with Gasteiger partial charge in [-0.1, -0.05) is 11.6 Å². The largest absolute Gasteiger partial charge is 0.496 e. The summed E-state index contributed by atoms with van der Waals surface area (Å²) in [7, 11) is 1.66. The third kappa shape index (κ3) is 0.454. The normalized spacial score (nSPS) is 11.3. The van der Waals surface area contributed by atoms with Gasteiger partial charge in [0, 0.05) is 15.5 Å². The number of rotatable bonds is 1. The Morgan fingerprint density at radius 1 is 1.33 bits per heavy atom. The van der Waals surface area contributed by atoms with Gasteiger partial charge in [0.1, 0.15) is 5.75 Å². The van der Waals surface area contributed by atoms with Crippen LogP contribution in [0.25, 0.3) is 0 Å². The standard InChI is InChI=1S/C7H5ClO/c1-9-7-3-4-5(7)2-6(4)8/h2-3H,1H3. The summed E-state index contributed by atoms with van der Waals surface area (Å²) in [6.45, 7) is 0. The van der Waals surface area contributed by atoms with Gasteiger partial charge in [-0.15, -0.1) is 0 Å². The third-order valence-corrected chi connectivity index (χ3v) is 1.89. The van der Waals surface area contributed by atoms with E-state index in [1.807, 2.05) is 12.1 Å².